The van der Waals surface area contributed by atoms with Crippen LogP contribution in [0.1, 0.15) is 11.9 Å². The molecule has 5 nitrogen and oxygen atoms in total. The Morgan fingerprint density at radius 2 is 2.22 bits per heavy atom. The van der Waals surface area contributed by atoms with Gasteiger partial charge < -0.3 is 15.0 Å². The fraction of sp³-hybridized carbons (Fsp3) is 0.273. The minimum Gasteiger partial charge on any atom is -0.383 e. The minimum atomic E-state index is -0.387. The molecular formula is C11H11Br2N3O2. The quantitative estimate of drug-likeness (QED) is 0.887. The highest BCUT2D eigenvalue weighted by Crippen LogP contribution is 2.30. The number of benzene rings is 1. The molecule has 2 rings (SSSR count). The molecule has 1 atom stereocenters. The van der Waals surface area contributed by atoms with E-state index in [0.717, 1.165) is 14.5 Å². The summed E-state index contributed by atoms with van der Waals surface area (Å²) in [5, 5.41) is 3.85. The van der Waals surface area contributed by atoms with Gasteiger partial charge in [0.15, 0.2) is 5.82 Å². The summed E-state index contributed by atoms with van der Waals surface area (Å²) in [5.41, 5.74) is 6.65. The van der Waals surface area contributed by atoms with E-state index in [-0.39, 0.29) is 6.04 Å². The molecule has 1 aromatic heterocycles. The van der Waals surface area contributed by atoms with Gasteiger partial charge in [0.05, 0.1) is 18.2 Å². The molecule has 2 aromatic rings. The molecule has 7 heteroatoms. The summed E-state index contributed by atoms with van der Waals surface area (Å²) in [6.07, 6.45) is 0. The van der Waals surface area contributed by atoms with Crippen LogP contribution in [0, 0.1) is 0 Å². The van der Waals surface area contributed by atoms with Crippen LogP contribution in [0.2, 0.25) is 0 Å². The number of nitrogens with zero attached hydrogens (tertiary/aromatic N) is 2. The summed E-state index contributed by atoms with van der Waals surface area (Å²) in [5.74, 6) is 0.859. The highest BCUT2D eigenvalue weighted by atomic mass is 79.9. The molecule has 1 unspecified atom stereocenters. The molecule has 0 fully saturated rings. The molecule has 18 heavy (non-hydrogen) atoms. The van der Waals surface area contributed by atoms with Crippen LogP contribution >= 0.6 is 31.9 Å². The Labute approximate surface area is 121 Å². The maximum Gasteiger partial charge on any atom is 0.259 e. The SMILES string of the molecule is COCC(N)c1noc(-c2ccc(Br)cc2Br)n1. The van der Waals surface area contributed by atoms with Gasteiger partial charge in [0.25, 0.3) is 5.89 Å². The van der Waals surface area contributed by atoms with Crippen molar-refractivity contribution in [1.29, 1.82) is 0 Å². The topological polar surface area (TPSA) is 74.2 Å². The average molecular weight is 377 g/mol. The fourth-order valence-corrected chi connectivity index (χ4v) is 2.63. The van der Waals surface area contributed by atoms with E-state index in [2.05, 4.69) is 42.0 Å². The average Bonchev–Trinajstić information content (AvgIpc) is 2.78. The van der Waals surface area contributed by atoms with E-state index in [4.69, 9.17) is 15.0 Å². The second kappa shape index (κ2) is 5.92. The molecule has 0 aliphatic heterocycles. The van der Waals surface area contributed by atoms with E-state index < -0.39 is 0 Å². The van der Waals surface area contributed by atoms with E-state index in [1.807, 2.05) is 18.2 Å². The van der Waals surface area contributed by atoms with Gasteiger partial charge in [0, 0.05) is 16.1 Å². The summed E-state index contributed by atoms with van der Waals surface area (Å²) in [7, 11) is 1.58. The summed E-state index contributed by atoms with van der Waals surface area (Å²) in [6, 6.07) is 5.31. The van der Waals surface area contributed by atoms with Crippen molar-refractivity contribution in [2.75, 3.05) is 13.7 Å². The summed E-state index contributed by atoms with van der Waals surface area (Å²) < 4.78 is 12.0. The maximum absolute atomic E-state index is 5.83. The lowest BCUT2D eigenvalue weighted by atomic mass is 10.2. The molecule has 0 aliphatic carbocycles. The molecular weight excluding hydrogens is 366 g/mol. The molecule has 0 saturated heterocycles. The zero-order valence-electron chi connectivity index (χ0n) is 9.56. The molecule has 1 aromatic carbocycles. The van der Waals surface area contributed by atoms with Crippen LogP contribution in [0.3, 0.4) is 0 Å². The normalized spacial score (nSPS) is 12.7. The lowest BCUT2D eigenvalue weighted by Crippen LogP contribution is -2.17. The number of nitrogens with two attached hydrogens (primary N) is 1. The van der Waals surface area contributed by atoms with Crippen molar-refractivity contribution in [3.8, 4) is 11.5 Å². The second-order valence-electron chi connectivity index (χ2n) is 3.64. The largest absolute Gasteiger partial charge is 0.383 e. The van der Waals surface area contributed by atoms with Crippen molar-refractivity contribution < 1.29 is 9.26 Å². The van der Waals surface area contributed by atoms with Gasteiger partial charge in [-0.05, 0) is 34.1 Å². The van der Waals surface area contributed by atoms with E-state index >= 15 is 0 Å². The number of ether oxygens (including phenoxy) is 1. The van der Waals surface area contributed by atoms with Crippen LogP contribution in [0.5, 0.6) is 0 Å². The Morgan fingerprint density at radius 3 is 2.89 bits per heavy atom. The molecule has 0 saturated carbocycles. The molecule has 0 spiro atoms. The number of hydrogen-bond donors (Lipinski definition) is 1. The third kappa shape index (κ3) is 2.97. The Bertz CT molecular complexity index is 545. The van der Waals surface area contributed by atoms with Crippen molar-refractivity contribution in [3.05, 3.63) is 33.0 Å². The standard InChI is InChI=1S/C11H11Br2N3O2/c1-17-5-9(14)10-15-11(18-16-10)7-3-2-6(12)4-8(7)13/h2-4,9H,5,14H2,1H3. The Kier molecular flexibility index (Phi) is 4.50. The predicted molar refractivity (Wildman–Crippen MR) is 73.9 cm³/mol. The molecule has 96 valence electrons. The van der Waals surface area contributed by atoms with Crippen molar-refractivity contribution >= 4 is 31.9 Å². The number of methoxy groups -OCH3 is 1. The number of aromatic nitrogens is 2. The molecule has 0 aliphatic rings. The van der Waals surface area contributed by atoms with Crippen molar-refractivity contribution in [3.63, 3.8) is 0 Å². The number of halogens is 2. The molecule has 0 radical (unpaired) electrons. The Balaban J connectivity index is 2.29. The summed E-state index contributed by atoms with van der Waals surface area (Å²) in [4.78, 5) is 4.26. The lowest BCUT2D eigenvalue weighted by Gasteiger charge is -2.03. The van der Waals surface area contributed by atoms with Gasteiger partial charge >= 0.3 is 0 Å². The van der Waals surface area contributed by atoms with Crippen LogP contribution < -0.4 is 5.73 Å². The van der Waals surface area contributed by atoms with E-state index in [9.17, 15) is 0 Å². The first-order valence-corrected chi connectivity index (χ1v) is 6.74. The van der Waals surface area contributed by atoms with Crippen molar-refractivity contribution in [1.82, 2.24) is 10.1 Å². The van der Waals surface area contributed by atoms with Crippen LogP contribution in [0.4, 0.5) is 0 Å². The van der Waals surface area contributed by atoms with Crippen molar-refractivity contribution in [2.24, 2.45) is 5.73 Å². The van der Waals surface area contributed by atoms with Crippen LogP contribution in [-0.4, -0.2) is 23.9 Å². The second-order valence-corrected chi connectivity index (χ2v) is 5.41. The van der Waals surface area contributed by atoms with Crippen LogP contribution in [-0.2, 0) is 4.74 Å². The maximum atomic E-state index is 5.83. The fourth-order valence-electron chi connectivity index (χ4n) is 1.41. The number of rotatable bonds is 4. The van der Waals surface area contributed by atoms with Crippen LogP contribution in [0.15, 0.2) is 31.7 Å². The van der Waals surface area contributed by atoms with Crippen LogP contribution in [0.25, 0.3) is 11.5 Å². The van der Waals surface area contributed by atoms with Gasteiger partial charge in [-0.1, -0.05) is 21.1 Å². The van der Waals surface area contributed by atoms with Gasteiger partial charge in [0.1, 0.15) is 0 Å². The molecule has 0 amide bonds. The minimum absolute atomic E-state index is 0.348. The third-order valence-electron chi connectivity index (χ3n) is 2.28. The summed E-state index contributed by atoms with van der Waals surface area (Å²) >= 11 is 6.83. The van der Waals surface area contributed by atoms with E-state index in [1.165, 1.54) is 0 Å². The van der Waals surface area contributed by atoms with Gasteiger partial charge in [-0.25, -0.2) is 0 Å². The highest BCUT2D eigenvalue weighted by molar-refractivity contribution is 9.11. The molecule has 0 bridgehead atoms. The number of hydrogen-bond acceptors (Lipinski definition) is 5. The zero-order chi connectivity index (χ0) is 13.1. The lowest BCUT2D eigenvalue weighted by molar-refractivity contribution is 0.177. The Hall–Kier alpha value is -0.760. The molecule has 1 heterocycles. The first kappa shape index (κ1) is 13.7. The Morgan fingerprint density at radius 1 is 1.44 bits per heavy atom. The third-order valence-corrected chi connectivity index (χ3v) is 3.43. The molecule has 2 N–H and O–H groups in total. The van der Waals surface area contributed by atoms with Gasteiger partial charge in [-0.2, -0.15) is 4.98 Å². The van der Waals surface area contributed by atoms with Gasteiger partial charge in [0.2, 0.25) is 0 Å². The van der Waals surface area contributed by atoms with Crippen molar-refractivity contribution in [2.45, 2.75) is 6.04 Å². The predicted octanol–water partition coefficient (Wildman–Crippen LogP) is 2.91. The van der Waals surface area contributed by atoms with E-state index in [1.54, 1.807) is 7.11 Å². The van der Waals surface area contributed by atoms with Gasteiger partial charge in [-0.3, -0.25) is 0 Å². The monoisotopic (exact) mass is 375 g/mol. The summed E-state index contributed by atoms with van der Waals surface area (Å²) in [6.45, 7) is 0.348. The first-order chi connectivity index (χ1) is 8.61. The first-order valence-electron chi connectivity index (χ1n) is 5.15. The zero-order valence-corrected chi connectivity index (χ0v) is 12.7. The highest BCUT2D eigenvalue weighted by Gasteiger charge is 2.16. The smallest absolute Gasteiger partial charge is 0.259 e. The van der Waals surface area contributed by atoms with Gasteiger partial charge in [-0.15, -0.1) is 0 Å². The van der Waals surface area contributed by atoms with E-state index in [0.29, 0.717) is 18.3 Å².